The zero-order chi connectivity index (χ0) is 23.0. The highest BCUT2D eigenvalue weighted by Gasteiger charge is 2.38. The average Bonchev–Trinajstić information content (AvgIpc) is 3.23. The van der Waals surface area contributed by atoms with Crippen molar-refractivity contribution in [3.05, 3.63) is 81.5 Å². The summed E-state index contributed by atoms with van der Waals surface area (Å²) in [6, 6.07) is 11.8. The van der Waals surface area contributed by atoms with Crippen LogP contribution in [0, 0.1) is 0 Å². The molecule has 0 spiro atoms. The Morgan fingerprint density at radius 1 is 1.09 bits per heavy atom. The zero-order valence-corrected chi connectivity index (χ0v) is 20.0. The summed E-state index contributed by atoms with van der Waals surface area (Å²) in [5.74, 6) is -0.579. The smallest absolute Gasteiger partial charge is 0.340 e. The quantitative estimate of drug-likeness (QED) is 0.519. The summed E-state index contributed by atoms with van der Waals surface area (Å²) in [5, 5.41) is 0. The summed E-state index contributed by atoms with van der Waals surface area (Å²) in [7, 11) is -2.54. The molecule has 0 atom stereocenters. The number of hydrogen-bond donors (Lipinski definition) is 0. The largest absolute Gasteiger partial charge is 0.465 e. The number of aromatic nitrogens is 1. The molecule has 2 aliphatic heterocycles. The van der Waals surface area contributed by atoms with E-state index >= 15 is 0 Å². The van der Waals surface area contributed by atoms with E-state index in [1.54, 1.807) is 6.20 Å². The van der Waals surface area contributed by atoms with Crippen molar-refractivity contribution in [2.75, 3.05) is 20.2 Å². The van der Waals surface area contributed by atoms with Crippen LogP contribution in [0.4, 0.5) is 0 Å². The van der Waals surface area contributed by atoms with E-state index in [-0.39, 0.29) is 9.77 Å². The Kier molecular flexibility index (Phi) is 6.05. The number of rotatable bonds is 5. The van der Waals surface area contributed by atoms with Gasteiger partial charge in [0, 0.05) is 50.0 Å². The van der Waals surface area contributed by atoms with Gasteiger partial charge in [0.2, 0.25) is 0 Å². The summed E-state index contributed by atoms with van der Waals surface area (Å²) in [6.07, 6.45) is 4.85. The van der Waals surface area contributed by atoms with Crippen LogP contribution in [0.3, 0.4) is 0 Å². The molecular formula is C24H25N3O4S2. The summed E-state index contributed by atoms with van der Waals surface area (Å²) in [5.41, 5.74) is 4.32. The summed E-state index contributed by atoms with van der Waals surface area (Å²) < 4.78 is 34.1. The molecule has 7 nitrogen and oxygen atoms in total. The Morgan fingerprint density at radius 3 is 2.67 bits per heavy atom. The van der Waals surface area contributed by atoms with Crippen LogP contribution >= 0.6 is 11.3 Å². The number of thiophene rings is 1. The number of carbonyl (C=O) groups excluding carboxylic acids is 1. The Morgan fingerprint density at radius 2 is 1.91 bits per heavy atom. The van der Waals surface area contributed by atoms with Crippen molar-refractivity contribution in [1.82, 2.24) is 14.2 Å². The molecule has 0 unspecified atom stereocenters. The second-order valence-corrected chi connectivity index (χ2v) is 11.6. The van der Waals surface area contributed by atoms with Crippen molar-refractivity contribution < 1.29 is 17.9 Å². The van der Waals surface area contributed by atoms with Gasteiger partial charge < -0.3 is 4.74 Å². The SMILES string of the molecule is COC(=O)c1c(S(=O)(=O)N2CCc3ccccc3C2)sc2c1CCN(Cc1cccnc1)C2. The van der Waals surface area contributed by atoms with Gasteiger partial charge in [0.1, 0.15) is 4.21 Å². The lowest BCUT2D eigenvalue weighted by molar-refractivity contribution is 0.0595. The summed E-state index contributed by atoms with van der Waals surface area (Å²) in [4.78, 5) is 20.1. The first kappa shape index (κ1) is 22.2. The molecule has 0 amide bonds. The molecule has 1 aromatic carbocycles. The minimum atomic E-state index is -3.84. The first-order valence-corrected chi connectivity index (χ1v) is 13.1. The molecule has 0 N–H and O–H groups in total. The first-order valence-electron chi connectivity index (χ1n) is 10.9. The van der Waals surface area contributed by atoms with Gasteiger partial charge in [-0.25, -0.2) is 13.2 Å². The van der Waals surface area contributed by atoms with E-state index in [4.69, 9.17) is 4.74 Å². The highest BCUT2D eigenvalue weighted by atomic mass is 32.2. The van der Waals surface area contributed by atoms with E-state index in [9.17, 15) is 13.2 Å². The second-order valence-electron chi connectivity index (χ2n) is 8.34. The van der Waals surface area contributed by atoms with Gasteiger partial charge >= 0.3 is 5.97 Å². The Bertz CT molecular complexity index is 1290. The number of hydrogen-bond acceptors (Lipinski definition) is 7. The van der Waals surface area contributed by atoms with Crippen molar-refractivity contribution in [2.45, 2.75) is 36.7 Å². The molecule has 0 aliphatic carbocycles. The Balaban J connectivity index is 1.47. The van der Waals surface area contributed by atoms with Crippen molar-refractivity contribution in [3.8, 4) is 0 Å². The molecule has 5 rings (SSSR count). The highest BCUT2D eigenvalue weighted by molar-refractivity contribution is 7.91. The summed E-state index contributed by atoms with van der Waals surface area (Å²) >= 11 is 1.21. The maximum Gasteiger partial charge on any atom is 0.340 e. The van der Waals surface area contributed by atoms with Crippen molar-refractivity contribution in [1.29, 1.82) is 0 Å². The molecule has 4 heterocycles. The van der Waals surface area contributed by atoms with E-state index in [0.29, 0.717) is 32.5 Å². The fraction of sp³-hybridized carbons (Fsp3) is 0.333. The van der Waals surface area contributed by atoms with E-state index < -0.39 is 16.0 Å². The number of methoxy groups -OCH3 is 1. The maximum absolute atomic E-state index is 13.7. The molecule has 3 aromatic rings. The van der Waals surface area contributed by atoms with Crippen molar-refractivity contribution >= 4 is 27.3 Å². The fourth-order valence-electron chi connectivity index (χ4n) is 4.60. The molecule has 2 aromatic heterocycles. The molecule has 33 heavy (non-hydrogen) atoms. The summed E-state index contributed by atoms with van der Waals surface area (Å²) in [6.45, 7) is 2.77. The van der Waals surface area contributed by atoms with Gasteiger partial charge in [-0.2, -0.15) is 4.31 Å². The Labute approximate surface area is 197 Å². The number of ether oxygens (including phenoxy) is 1. The third kappa shape index (κ3) is 4.21. The van der Waals surface area contributed by atoms with Crippen LogP contribution in [0.5, 0.6) is 0 Å². The van der Waals surface area contributed by atoms with Gasteiger partial charge in [-0.15, -0.1) is 11.3 Å². The lowest BCUT2D eigenvalue weighted by Gasteiger charge is -2.27. The van der Waals surface area contributed by atoms with E-state index in [1.807, 2.05) is 42.6 Å². The average molecular weight is 484 g/mol. The minimum absolute atomic E-state index is 0.113. The zero-order valence-electron chi connectivity index (χ0n) is 18.4. The van der Waals surface area contributed by atoms with E-state index in [1.165, 1.54) is 28.3 Å². The molecule has 0 fully saturated rings. The van der Waals surface area contributed by atoms with Crippen LogP contribution in [-0.4, -0.2) is 48.8 Å². The lowest BCUT2D eigenvalue weighted by atomic mass is 10.0. The topological polar surface area (TPSA) is 79.8 Å². The number of sulfonamides is 1. The van der Waals surface area contributed by atoms with Crippen LogP contribution in [0.2, 0.25) is 0 Å². The standard InChI is InChI=1S/C24H25N3O4S2/c1-31-23(28)22-20-9-11-26(14-17-5-4-10-25-13-17)16-21(20)32-24(22)33(29,30)27-12-8-18-6-2-3-7-19(18)15-27/h2-7,10,13H,8-9,11-12,14-16H2,1H3. The number of benzene rings is 1. The molecule has 9 heteroatoms. The number of carbonyl (C=O) groups is 1. The molecule has 0 saturated heterocycles. The molecule has 2 aliphatic rings. The van der Waals surface area contributed by atoms with Gasteiger partial charge in [-0.3, -0.25) is 9.88 Å². The number of fused-ring (bicyclic) bond motifs is 2. The number of esters is 1. The molecule has 0 saturated carbocycles. The van der Waals surface area contributed by atoms with Gasteiger partial charge in [-0.1, -0.05) is 30.3 Å². The third-order valence-corrected chi connectivity index (χ3v) is 9.85. The molecule has 0 bridgehead atoms. The maximum atomic E-state index is 13.7. The van der Waals surface area contributed by atoms with Gasteiger partial charge in [0.15, 0.2) is 0 Å². The minimum Gasteiger partial charge on any atom is -0.465 e. The van der Waals surface area contributed by atoms with Crippen LogP contribution in [0.25, 0.3) is 0 Å². The predicted molar refractivity (Wildman–Crippen MR) is 125 cm³/mol. The highest BCUT2D eigenvalue weighted by Crippen LogP contribution is 2.39. The monoisotopic (exact) mass is 483 g/mol. The normalized spacial score (nSPS) is 16.8. The first-order chi connectivity index (χ1) is 16.0. The van der Waals surface area contributed by atoms with E-state index in [0.717, 1.165) is 34.7 Å². The third-order valence-electron chi connectivity index (χ3n) is 6.29. The van der Waals surface area contributed by atoms with Crippen LogP contribution in [-0.2, 0) is 47.2 Å². The predicted octanol–water partition coefficient (Wildman–Crippen LogP) is 3.24. The molecule has 0 radical (unpaired) electrons. The van der Waals surface area contributed by atoms with Gasteiger partial charge in [-0.05, 0) is 41.2 Å². The van der Waals surface area contributed by atoms with Crippen LogP contribution in [0.1, 0.15) is 37.5 Å². The van der Waals surface area contributed by atoms with Crippen molar-refractivity contribution in [3.63, 3.8) is 0 Å². The molecule has 172 valence electrons. The molecular weight excluding hydrogens is 458 g/mol. The number of pyridine rings is 1. The lowest BCUT2D eigenvalue weighted by Crippen LogP contribution is -2.36. The van der Waals surface area contributed by atoms with Crippen LogP contribution < -0.4 is 0 Å². The fourth-order valence-corrected chi connectivity index (χ4v) is 8.08. The van der Waals surface area contributed by atoms with E-state index in [2.05, 4.69) is 9.88 Å². The van der Waals surface area contributed by atoms with Crippen molar-refractivity contribution in [2.24, 2.45) is 0 Å². The number of nitrogens with zero attached hydrogens (tertiary/aromatic N) is 3. The second kappa shape index (κ2) is 8.98. The van der Waals surface area contributed by atoms with Gasteiger partial charge in [0.25, 0.3) is 10.0 Å². The van der Waals surface area contributed by atoms with Crippen LogP contribution in [0.15, 0.2) is 53.0 Å². The van der Waals surface area contributed by atoms with Gasteiger partial charge in [0.05, 0.1) is 12.7 Å². The Hall–Kier alpha value is -2.59.